The van der Waals surface area contributed by atoms with Gasteiger partial charge in [0.2, 0.25) is 0 Å². The minimum atomic E-state index is -0.169. The van der Waals surface area contributed by atoms with Gasteiger partial charge in [-0.1, -0.05) is 48.5 Å². The van der Waals surface area contributed by atoms with Gasteiger partial charge in [-0.3, -0.25) is 4.79 Å². The Hall–Kier alpha value is -2.59. The molecule has 1 aliphatic heterocycles. The molecule has 0 bridgehead atoms. The zero-order valence-corrected chi connectivity index (χ0v) is 13.9. The molecule has 0 radical (unpaired) electrons. The first kappa shape index (κ1) is 15.0. The SMILES string of the molecule is O=C(c1ccsc1)N1Cc2ccccc2OC(c2ccccc2)C1. The number of carbonyl (C=O) groups is 1. The number of nitrogens with zero attached hydrogens (tertiary/aromatic N) is 1. The summed E-state index contributed by atoms with van der Waals surface area (Å²) in [5.74, 6) is 0.907. The van der Waals surface area contributed by atoms with Crippen LogP contribution in [0.25, 0.3) is 0 Å². The van der Waals surface area contributed by atoms with Gasteiger partial charge < -0.3 is 9.64 Å². The van der Waals surface area contributed by atoms with Crippen molar-refractivity contribution in [2.75, 3.05) is 6.54 Å². The Balaban J connectivity index is 1.71. The normalized spacial score (nSPS) is 16.8. The van der Waals surface area contributed by atoms with Crippen molar-refractivity contribution >= 4 is 17.2 Å². The third-order valence-electron chi connectivity index (χ3n) is 4.22. The van der Waals surface area contributed by atoms with E-state index in [-0.39, 0.29) is 12.0 Å². The number of hydrogen-bond donors (Lipinski definition) is 0. The van der Waals surface area contributed by atoms with E-state index in [0.29, 0.717) is 13.1 Å². The molecular weight excluding hydrogens is 318 g/mol. The van der Waals surface area contributed by atoms with Gasteiger partial charge >= 0.3 is 0 Å². The molecule has 0 saturated heterocycles. The van der Waals surface area contributed by atoms with Crippen LogP contribution in [0.2, 0.25) is 0 Å². The summed E-state index contributed by atoms with van der Waals surface area (Å²) in [4.78, 5) is 14.8. The lowest BCUT2D eigenvalue weighted by Crippen LogP contribution is -2.33. The maximum absolute atomic E-state index is 12.9. The summed E-state index contributed by atoms with van der Waals surface area (Å²) in [7, 11) is 0. The van der Waals surface area contributed by atoms with E-state index >= 15 is 0 Å². The van der Waals surface area contributed by atoms with Gasteiger partial charge in [0.15, 0.2) is 0 Å². The monoisotopic (exact) mass is 335 g/mol. The van der Waals surface area contributed by atoms with Crippen molar-refractivity contribution in [3.8, 4) is 5.75 Å². The summed E-state index contributed by atoms with van der Waals surface area (Å²) < 4.78 is 6.25. The van der Waals surface area contributed by atoms with Crippen LogP contribution in [0, 0.1) is 0 Å². The first-order chi connectivity index (χ1) is 11.8. The lowest BCUT2D eigenvalue weighted by atomic mass is 10.1. The van der Waals surface area contributed by atoms with Crippen LogP contribution in [0.1, 0.15) is 27.6 Å². The van der Waals surface area contributed by atoms with E-state index in [0.717, 1.165) is 22.4 Å². The number of para-hydroxylation sites is 1. The third kappa shape index (κ3) is 2.93. The zero-order chi connectivity index (χ0) is 16.4. The number of thiophene rings is 1. The van der Waals surface area contributed by atoms with E-state index in [2.05, 4.69) is 0 Å². The highest BCUT2D eigenvalue weighted by molar-refractivity contribution is 7.08. The van der Waals surface area contributed by atoms with Crippen LogP contribution in [0.4, 0.5) is 0 Å². The summed E-state index contributed by atoms with van der Waals surface area (Å²) >= 11 is 1.54. The Morgan fingerprint density at radius 1 is 1.04 bits per heavy atom. The molecule has 0 spiro atoms. The van der Waals surface area contributed by atoms with E-state index < -0.39 is 0 Å². The van der Waals surface area contributed by atoms with Crippen LogP contribution in [0.5, 0.6) is 5.75 Å². The molecule has 2 aromatic carbocycles. The van der Waals surface area contributed by atoms with Crippen molar-refractivity contribution in [1.82, 2.24) is 4.90 Å². The topological polar surface area (TPSA) is 29.5 Å². The number of benzene rings is 2. The molecule has 2 heterocycles. The number of ether oxygens (including phenoxy) is 1. The number of amides is 1. The lowest BCUT2D eigenvalue weighted by Gasteiger charge is -2.24. The van der Waals surface area contributed by atoms with E-state index in [1.807, 2.05) is 76.3 Å². The molecule has 1 atom stereocenters. The molecule has 0 aliphatic carbocycles. The predicted molar refractivity (Wildman–Crippen MR) is 95.3 cm³/mol. The van der Waals surface area contributed by atoms with Crippen LogP contribution < -0.4 is 4.74 Å². The molecule has 4 rings (SSSR count). The fraction of sp³-hybridized carbons (Fsp3) is 0.150. The highest BCUT2D eigenvalue weighted by Crippen LogP contribution is 2.31. The van der Waals surface area contributed by atoms with Crippen molar-refractivity contribution in [3.05, 3.63) is 88.1 Å². The summed E-state index contributed by atoms with van der Waals surface area (Å²) in [6.07, 6.45) is -0.169. The van der Waals surface area contributed by atoms with Gasteiger partial charge in [0.25, 0.3) is 5.91 Å². The van der Waals surface area contributed by atoms with Crippen molar-refractivity contribution < 1.29 is 9.53 Å². The van der Waals surface area contributed by atoms with Gasteiger partial charge in [0.05, 0.1) is 12.1 Å². The summed E-state index contributed by atoms with van der Waals surface area (Å²) in [6, 6.07) is 19.9. The first-order valence-corrected chi connectivity index (χ1v) is 8.86. The molecule has 4 heteroatoms. The summed E-state index contributed by atoms with van der Waals surface area (Å²) in [5, 5.41) is 3.84. The van der Waals surface area contributed by atoms with Gasteiger partial charge in [-0.2, -0.15) is 11.3 Å². The second-order valence-electron chi connectivity index (χ2n) is 5.82. The Bertz CT molecular complexity index is 830. The Morgan fingerprint density at radius 2 is 1.83 bits per heavy atom. The summed E-state index contributed by atoms with van der Waals surface area (Å²) in [5.41, 5.74) is 2.86. The van der Waals surface area contributed by atoms with Crippen molar-refractivity contribution in [3.63, 3.8) is 0 Å². The number of rotatable bonds is 2. The Labute approximate surface area is 145 Å². The van der Waals surface area contributed by atoms with Crippen LogP contribution in [0.15, 0.2) is 71.4 Å². The van der Waals surface area contributed by atoms with E-state index in [9.17, 15) is 4.79 Å². The van der Waals surface area contributed by atoms with Gasteiger partial charge in [0.1, 0.15) is 11.9 Å². The average molecular weight is 335 g/mol. The molecule has 0 saturated carbocycles. The largest absolute Gasteiger partial charge is 0.484 e. The maximum atomic E-state index is 12.9. The predicted octanol–water partition coefficient (Wildman–Crippen LogP) is 4.52. The van der Waals surface area contributed by atoms with Gasteiger partial charge in [-0.25, -0.2) is 0 Å². The minimum Gasteiger partial charge on any atom is -0.484 e. The van der Waals surface area contributed by atoms with E-state index in [1.54, 1.807) is 11.3 Å². The van der Waals surface area contributed by atoms with Gasteiger partial charge in [-0.05, 0) is 23.1 Å². The van der Waals surface area contributed by atoms with E-state index in [4.69, 9.17) is 4.74 Å². The summed E-state index contributed by atoms with van der Waals surface area (Å²) in [6.45, 7) is 1.10. The molecule has 1 amide bonds. The first-order valence-electron chi connectivity index (χ1n) is 7.92. The molecule has 0 fully saturated rings. The standard InChI is InChI=1S/C20H17NO2S/c22-20(17-10-11-24-14-17)21-12-16-8-4-5-9-18(16)23-19(13-21)15-6-2-1-3-7-15/h1-11,14,19H,12-13H2. The number of hydrogen-bond acceptors (Lipinski definition) is 3. The van der Waals surface area contributed by atoms with Crippen LogP contribution in [0.3, 0.4) is 0 Å². The van der Waals surface area contributed by atoms with Crippen molar-refractivity contribution in [2.45, 2.75) is 12.6 Å². The highest BCUT2D eigenvalue weighted by atomic mass is 32.1. The van der Waals surface area contributed by atoms with Gasteiger partial charge in [0, 0.05) is 17.5 Å². The van der Waals surface area contributed by atoms with Crippen molar-refractivity contribution in [1.29, 1.82) is 0 Å². The molecule has 1 unspecified atom stereocenters. The highest BCUT2D eigenvalue weighted by Gasteiger charge is 2.27. The molecule has 3 nitrogen and oxygen atoms in total. The second-order valence-corrected chi connectivity index (χ2v) is 6.60. The van der Waals surface area contributed by atoms with Gasteiger partial charge in [-0.15, -0.1) is 0 Å². The van der Waals surface area contributed by atoms with E-state index in [1.165, 1.54) is 0 Å². The maximum Gasteiger partial charge on any atom is 0.255 e. The molecule has 0 N–H and O–H groups in total. The fourth-order valence-electron chi connectivity index (χ4n) is 2.97. The van der Waals surface area contributed by atoms with Crippen LogP contribution in [-0.4, -0.2) is 17.4 Å². The minimum absolute atomic E-state index is 0.0532. The third-order valence-corrected chi connectivity index (χ3v) is 4.90. The van der Waals surface area contributed by atoms with Crippen LogP contribution in [-0.2, 0) is 6.54 Å². The Morgan fingerprint density at radius 3 is 2.62 bits per heavy atom. The Kier molecular flexibility index (Phi) is 4.05. The molecule has 1 aromatic heterocycles. The molecular formula is C20H17NO2S. The van der Waals surface area contributed by atoms with Crippen LogP contribution >= 0.6 is 11.3 Å². The number of fused-ring (bicyclic) bond motifs is 1. The molecule has 24 heavy (non-hydrogen) atoms. The fourth-order valence-corrected chi connectivity index (χ4v) is 3.60. The quantitative estimate of drug-likeness (QED) is 0.689. The van der Waals surface area contributed by atoms with Crippen molar-refractivity contribution in [2.24, 2.45) is 0 Å². The molecule has 3 aromatic rings. The second kappa shape index (κ2) is 6.49. The zero-order valence-electron chi connectivity index (χ0n) is 13.1. The molecule has 1 aliphatic rings. The lowest BCUT2D eigenvalue weighted by molar-refractivity contribution is 0.0678. The molecule has 120 valence electrons. The number of carbonyl (C=O) groups excluding carboxylic acids is 1. The average Bonchev–Trinajstić information content (AvgIpc) is 3.09. The smallest absolute Gasteiger partial charge is 0.255 e.